The summed E-state index contributed by atoms with van der Waals surface area (Å²) in [6.45, 7) is -0.502. The summed E-state index contributed by atoms with van der Waals surface area (Å²) >= 11 is 0. The zero-order chi connectivity index (χ0) is 20.6. The van der Waals surface area contributed by atoms with E-state index < -0.39 is 11.9 Å². The first kappa shape index (κ1) is 19.9. The number of carbonyl (C=O) groups excluding carboxylic acids is 2. The van der Waals surface area contributed by atoms with Crippen LogP contribution in [0.25, 0.3) is 11.4 Å². The zero-order valence-corrected chi connectivity index (χ0v) is 15.9. The van der Waals surface area contributed by atoms with E-state index in [4.69, 9.17) is 18.7 Å². The van der Waals surface area contributed by atoms with Crippen LogP contribution in [0.4, 0.5) is 0 Å². The molecule has 3 rings (SSSR count). The monoisotopic (exact) mass is 397 g/mol. The number of nitrogens with zero attached hydrogens (tertiary/aromatic N) is 2. The van der Waals surface area contributed by atoms with Crippen LogP contribution in [-0.4, -0.2) is 42.8 Å². The van der Waals surface area contributed by atoms with E-state index in [-0.39, 0.29) is 19.0 Å². The van der Waals surface area contributed by atoms with Crippen LogP contribution < -0.4 is 14.8 Å². The smallest absolute Gasteiger partial charge is 0.325 e. The summed E-state index contributed by atoms with van der Waals surface area (Å²) in [6.07, 6.45) is 0. The van der Waals surface area contributed by atoms with Crippen molar-refractivity contribution in [2.45, 2.75) is 6.61 Å². The Morgan fingerprint density at radius 3 is 2.52 bits per heavy atom. The van der Waals surface area contributed by atoms with Gasteiger partial charge in [0.15, 0.2) is 6.61 Å². The van der Waals surface area contributed by atoms with Gasteiger partial charge in [0, 0.05) is 5.56 Å². The molecule has 3 aromatic rings. The fourth-order valence-corrected chi connectivity index (χ4v) is 2.44. The van der Waals surface area contributed by atoms with E-state index in [0.717, 1.165) is 0 Å². The van der Waals surface area contributed by atoms with E-state index in [1.165, 1.54) is 7.11 Å². The molecule has 1 heterocycles. The minimum atomic E-state index is -0.635. The summed E-state index contributed by atoms with van der Waals surface area (Å²) in [4.78, 5) is 28.1. The van der Waals surface area contributed by atoms with Gasteiger partial charge in [-0.25, -0.2) is 0 Å². The number of amides is 1. The molecule has 1 N–H and O–H groups in total. The molecule has 0 saturated heterocycles. The van der Waals surface area contributed by atoms with Gasteiger partial charge < -0.3 is 24.1 Å². The molecule has 0 aliphatic rings. The van der Waals surface area contributed by atoms with Gasteiger partial charge in [-0.15, -0.1) is 0 Å². The van der Waals surface area contributed by atoms with Crippen molar-refractivity contribution >= 4 is 11.9 Å². The van der Waals surface area contributed by atoms with Crippen molar-refractivity contribution in [2.24, 2.45) is 0 Å². The van der Waals surface area contributed by atoms with Gasteiger partial charge in [-0.1, -0.05) is 17.3 Å². The molecule has 0 radical (unpaired) electrons. The van der Waals surface area contributed by atoms with Crippen LogP contribution in [0.5, 0.6) is 11.5 Å². The molecule has 9 heteroatoms. The third-order valence-corrected chi connectivity index (χ3v) is 3.92. The van der Waals surface area contributed by atoms with Gasteiger partial charge in [-0.2, -0.15) is 4.98 Å². The highest BCUT2D eigenvalue weighted by Gasteiger charge is 2.15. The molecule has 0 bridgehead atoms. The van der Waals surface area contributed by atoms with Gasteiger partial charge in [0.25, 0.3) is 11.8 Å². The Hall–Kier alpha value is -3.88. The minimum Gasteiger partial charge on any atom is -0.497 e. The van der Waals surface area contributed by atoms with Crippen LogP contribution in [0.2, 0.25) is 0 Å². The average molecular weight is 397 g/mol. The largest absolute Gasteiger partial charge is 0.497 e. The molecule has 9 nitrogen and oxygen atoms in total. The summed E-state index contributed by atoms with van der Waals surface area (Å²) in [7, 11) is 3.08. The number of carbonyl (C=O) groups is 2. The summed E-state index contributed by atoms with van der Waals surface area (Å²) in [6, 6.07) is 13.7. The topological polar surface area (TPSA) is 113 Å². The molecule has 1 amide bonds. The van der Waals surface area contributed by atoms with E-state index in [2.05, 4.69) is 15.5 Å². The quantitative estimate of drug-likeness (QED) is 0.576. The van der Waals surface area contributed by atoms with Crippen LogP contribution in [0.1, 0.15) is 16.2 Å². The third-order valence-electron chi connectivity index (χ3n) is 3.92. The van der Waals surface area contributed by atoms with Crippen LogP contribution >= 0.6 is 0 Å². The SMILES string of the molecule is COc1ccc(C(=O)NCC(=O)OCc2nc(-c3ccccc3OC)no2)cc1. The van der Waals surface area contributed by atoms with Gasteiger partial charge in [-0.05, 0) is 36.4 Å². The lowest BCUT2D eigenvalue weighted by Crippen LogP contribution is -2.30. The predicted molar refractivity (Wildman–Crippen MR) is 101 cm³/mol. The summed E-state index contributed by atoms with van der Waals surface area (Å²) in [5.41, 5.74) is 1.06. The van der Waals surface area contributed by atoms with E-state index >= 15 is 0 Å². The summed E-state index contributed by atoms with van der Waals surface area (Å²) < 4.78 is 20.4. The number of nitrogens with one attached hydrogen (secondary N) is 1. The van der Waals surface area contributed by atoms with Crippen molar-refractivity contribution in [3.8, 4) is 22.9 Å². The second kappa shape index (κ2) is 9.36. The molecule has 2 aromatic carbocycles. The number of methoxy groups -OCH3 is 2. The second-order valence-electron chi connectivity index (χ2n) is 5.78. The molecule has 0 atom stereocenters. The predicted octanol–water partition coefficient (Wildman–Crippen LogP) is 2.23. The average Bonchev–Trinajstić information content (AvgIpc) is 3.25. The fourth-order valence-electron chi connectivity index (χ4n) is 2.44. The number of para-hydroxylation sites is 1. The van der Waals surface area contributed by atoms with Crippen molar-refractivity contribution in [3.05, 3.63) is 60.0 Å². The molecular weight excluding hydrogens is 378 g/mol. The molecule has 150 valence electrons. The van der Waals surface area contributed by atoms with E-state index in [0.29, 0.717) is 28.5 Å². The molecule has 0 fully saturated rings. The molecular formula is C20H19N3O6. The molecule has 0 saturated carbocycles. The lowest BCUT2D eigenvalue weighted by Gasteiger charge is -2.06. The highest BCUT2D eigenvalue weighted by molar-refractivity contribution is 5.96. The lowest BCUT2D eigenvalue weighted by atomic mass is 10.2. The first-order chi connectivity index (χ1) is 14.1. The van der Waals surface area contributed by atoms with Crippen molar-refractivity contribution < 1.29 is 28.3 Å². The zero-order valence-electron chi connectivity index (χ0n) is 15.9. The normalized spacial score (nSPS) is 10.3. The lowest BCUT2D eigenvalue weighted by molar-refractivity contribution is -0.144. The van der Waals surface area contributed by atoms with E-state index in [1.54, 1.807) is 43.5 Å². The van der Waals surface area contributed by atoms with Crippen LogP contribution in [0.15, 0.2) is 53.1 Å². The Kier molecular flexibility index (Phi) is 6.41. The van der Waals surface area contributed by atoms with Gasteiger partial charge in [0.05, 0.1) is 19.8 Å². The number of aromatic nitrogens is 2. The van der Waals surface area contributed by atoms with Crippen LogP contribution in [-0.2, 0) is 16.1 Å². The molecule has 29 heavy (non-hydrogen) atoms. The summed E-state index contributed by atoms with van der Waals surface area (Å²) in [5, 5.41) is 6.34. The number of hydrogen-bond donors (Lipinski definition) is 1. The van der Waals surface area contributed by atoms with Crippen molar-refractivity contribution in [1.82, 2.24) is 15.5 Å². The molecule has 1 aromatic heterocycles. The Morgan fingerprint density at radius 2 is 1.79 bits per heavy atom. The number of hydrogen-bond acceptors (Lipinski definition) is 8. The van der Waals surface area contributed by atoms with E-state index in [1.807, 2.05) is 12.1 Å². The van der Waals surface area contributed by atoms with Gasteiger partial charge in [0.1, 0.15) is 18.0 Å². The van der Waals surface area contributed by atoms with Crippen LogP contribution in [0, 0.1) is 0 Å². The summed E-state index contributed by atoms with van der Waals surface area (Å²) in [5.74, 6) is 0.637. The minimum absolute atomic E-state index is 0.126. The number of benzene rings is 2. The van der Waals surface area contributed by atoms with Crippen LogP contribution in [0.3, 0.4) is 0 Å². The Bertz CT molecular complexity index is 984. The molecule has 0 aliphatic heterocycles. The van der Waals surface area contributed by atoms with Gasteiger partial charge in [-0.3, -0.25) is 9.59 Å². The van der Waals surface area contributed by atoms with E-state index in [9.17, 15) is 9.59 Å². The number of esters is 1. The third kappa shape index (κ3) is 5.10. The first-order valence-electron chi connectivity index (χ1n) is 8.64. The second-order valence-corrected chi connectivity index (χ2v) is 5.78. The first-order valence-corrected chi connectivity index (χ1v) is 8.64. The van der Waals surface area contributed by atoms with Gasteiger partial charge >= 0.3 is 5.97 Å². The Labute approximate surface area is 166 Å². The highest BCUT2D eigenvalue weighted by Crippen LogP contribution is 2.27. The molecule has 0 aliphatic carbocycles. The molecule has 0 spiro atoms. The highest BCUT2D eigenvalue weighted by atomic mass is 16.6. The van der Waals surface area contributed by atoms with Crippen molar-refractivity contribution in [1.29, 1.82) is 0 Å². The maximum absolute atomic E-state index is 12.0. The molecule has 0 unspecified atom stereocenters. The maximum atomic E-state index is 12.0. The standard InChI is InChI=1S/C20H19N3O6/c1-26-14-9-7-13(8-10-14)20(25)21-11-18(24)28-12-17-22-19(23-29-17)15-5-3-4-6-16(15)27-2/h3-10H,11-12H2,1-2H3,(H,21,25). The Morgan fingerprint density at radius 1 is 1.03 bits per heavy atom. The Balaban J connectivity index is 1.49. The number of rotatable bonds is 8. The maximum Gasteiger partial charge on any atom is 0.325 e. The van der Waals surface area contributed by atoms with Crippen molar-refractivity contribution in [2.75, 3.05) is 20.8 Å². The number of ether oxygens (including phenoxy) is 3. The fraction of sp³-hybridized carbons (Fsp3) is 0.200. The van der Waals surface area contributed by atoms with Crippen molar-refractivity contribution in [3.63, 3.8) is 0 Å². The van der Waals surface area contributed by atoms with Gasteiger partial charge in [0.2, 0.25) is 5.82 Å².